The predicted molar refractivity (Wildman–Crippen MR) is 296 cm³/mol. The number of aromatic hydroxyl groups is 1. The topological polar surface area (TPSA) is 222 Å². The number of halogens is 2. The molecule has 0 saturated carbocycles. The maximum Gasteiger partial charge on any atom is 0.246 e. The fraction of sp³-hybridized carbons (Fsp3) is 0.464. The number of likely N-dealkylation sites (tertiary alicyclic amines) is 1. The minimum absolute atomic E-state index is 0.00143. The molecule has 3 aliphatic heterocycles. The van der Waals surface area contributed by atoms with Gasteiger partial charge in [-0.15, -0.1) is 11.3 Å². The molecule has 1 aromatic heterocycles. The summed E-state index contributed by atoms with van der Waals surface area (Å²) in [6, 6.07) is 14.9. The number of hydrogen-bond acceptors (Lipinski definition) is 12. The molecule has 410 valence electrons. The molecule has 0 bridgehead atoms. The number of β-amino-alcohol motifs (C(OH)–C–C–N with tert-alkyl or cyclic N) is 1. The second-order valence-corrected chi connectivity index (χ2v) is 22.3. The molecule has 0 spiro atoms. The summed E-state index contributed by atoms with van der Waals surface area (Å²) in [5, 5.41) is 31.9. The maximum atomic E-state index is 17.1. The number of rotatable bonds is 16. The third-order valence-corrected chi connectivity index (χ3v) is 15.8. The van der Waals surface area contributed by atoms with Gasteiger partial charge < -0.3 is 50.5 Å². The van der Waals surface area contributed by atoms with Gasteiger partial charge in [0.15, 0.2) is 0 Å². The average Bonchev–Trinajstić information content (AvgIpc) is 4.03. The van der Waals surface area contributed by atoms with Crippen molar-refractivity contribution in [3.8, 4) is 16.2 Å². The summed E-state index contributed by atoms with van der Waals surface area (Å²) in [6.45, 7) is 12.5. The molecule has 18 nitrogen and oxygen atoms in total. The average molecular weight is 1100 g/mol. The summed E-state index contributed by atoms with van der Waals surface area (Å²) in [6.07, 6.45) is 1.23. The van der Waals surface area contributed by atoms with Crippen molar-refractivity contribution in [2.45, 2.75) is 91.1 Å². The van der Waals surface area contributed by atoms with Gasteiger partial charge in [-0.25, -0.2) is 9.37 Å². The zero-order chi connectivity index (χ0) is 55.3. The monoisotopic (exact) mass is 1090 g/mol. The number of piperazine rings is 1. The van der Waals surface area contributed by atoms with Gasteiger partial charge in [-0.3, -0.25) is 29.0 Å². The van der Waals surface area contributed by atoms with Gasteiger partial charge in [0.25, 0.3) is 0 Å². The van der Waals surface area contributed by atoms with E-state index in [2.05, 4.69) is 25.9 Å². The third-order valence-electron chi connectivity index (χ3n) is 14.5. The van der Waals surface area contributed by atoms with Crippen molar-refractivity contribution in [2.75, 3.05) is 66.1 Å². The minimum Gasteiger partial charge on any atom is -0.508 e. The van der Waals surface area contributed by atoms with Crippen LogP contribution in [-0.2, 0) is 28.7 Å². The number of aryl methyl sites for hydroxylation is 1. The number of carbonyl (C=O) groups excluding carboxylic acids is 5. The highest BCUT2D eigenvalue weighted by molar-refractivity contribution is 7.13. The van der Waals surface area contributed by atoms with Gasteiger partial charge in [-0.2, -0.15) is 4.99 Å². The molecule has 2 fully saturated rings. The number of ether oxygens (including phenoxy) is 1. The summed E-state index contributed by atoms with van der Waals surface area (Å²) in [4.78, 5) is 88.6. The highest BCUT2D eigenvalue weighted by Crippen LogP contribution is 2.44. The molecular formula is C56H68ClFN10O8S. The van der Waals surface area contributed by atoms with Crippen LogP contribution in [0.15, 0.2) is 93.1 Å². The second-order valence-electron chi connectivity index (χ2n) is 21.0. The lowest BCUT2D eigenvalue weighted by atomic mass is 9.84. The Hall–Kier alpha value is -6.74. The van der Waals surface area contributed by atoms with E-state index < -0.39 is 71.8 Å². The Kier molecular flexibility index (Phi) is 17.8. The number of hydrogen-bond donors (Lipinski definition) is 5. The molecule has 8 rings (SSSR count). The number of guanidine groups is 1. The number of phenolic OH excluding ortho intramolecular Hbond substituents is 1. The number of nitrogens with zero attached hydrogens (tertiary/aromatic N) is 7. The summed E-state index contributed by atoms with van der Waals surface area (Å²) in [5.74, 6) is -2.29. The molecule has 3 aromatic carbocycles. The first-order chi connectivity index (χ1) is 36.7. The van der Waals surface area contributed by atoms with Crippen molar-refractivity contribution in [3.63, 3.8) is 0 Å². The highest BCUT2D eigenvalue weighted by atomic mass is 35.5. The van der Waals surface area contributed by atoms with Crippen LogP contribution in [-0.4, -0.2) is 166 Å². The zero-order valence-electron chi connectivity index (χ0n) is 44.5. The van der Waals surface area contributed by atoms with E-state index in [1.165, 1.54) is 15.9 Å². The van der Waals surface area contributed by atoms with Crippen molar-refractivity contribution < 1.29 is 43.3 Å². The number of benzene rings is 3. The Morgan fingerprint density at radius 3 is 2.47 bits per heavy atom. The highest BCUT2D eigenvalue weighted by Gasteiger charge is 2.45. The number of aromatic nitrogens is 1. The third kappa shape index (κ3) is 13.0. The molecule has 77 heavy (non-hydrogen) atoms. The summed E-state index contributed by atoms with van der Waals surface area (Å²) >= 11 is 8.49. The second kappa shape index (κ2) is 24.3. The first-order valence-corrected chi connectivity index (χ1v) is 27.3. The Balaban J connectivity index is 0.853. The molecular weight excluding hydrogens is 1030 g/mol. The Bertz CT molecular complexity index is 3000. The van der Waals surface area contributed by atoms with Crippen LogP contribution in [0.2, 0.25) is 0 Å². The smallest absolute Gasteiger partial charge is 0.246 e. The molecule has 21 heteroatoms. The lowest BCUT2D eigenvalue weighted by molar-refractivity contribution is -0.144. The van der Waals surface area contributed by atoms with Gasteiger partial charge >= 0.3 is 0 Å². The lowest BCUT2D eigenvalue weighted by Crippen LogP contribution is -2.58. The van der Waals surface area contributed by atoms with Crippen LogP contribution in [0.5, 0.6) is 5.75 Å². The molecule has 1 aliphatic carbocycles. The molecule has 2 unspecified atom stereocenters. The number of carbonyl (C=O) groups is 5. The Morgan fingerprint density at radius 2 is 1.78 bits per heavy atom. The van der Waals surface area contributed by atoms with Crippen LogP contribution in [0.4, 0.5) is 4.39 Å². The van der Waals surface area contributed by atoms with Crippen LogP contribution >= 0.6 is 22.9 Å². The number of likely N-dealkylation sites (N-methyl/N-ethyl adjacent to an activating group) is 1. The molecule has 5 N–H and O–H groups in total. The van der Waals surface area contributed by atoms with Crippen molar-refractivity contribution in [3.05, 3.63) is 99.9 Å². The molecule has 0 radical (unpaired) electrons. The maximum absolute atomic E-state index is 17.1. The normalized spacial score (nSPS) is 21.0. The number of amides is 5. The Labute approximate surface area is 457 Å². The standard InChI is InChI=1S/C56H68ClFN10O8S/c1-8-45(72)66-19-21-67(22-20-66)52-41-28-42(57)47(40-26-37(69)25-36-11-9-10-12-39(36)40)48(58)49(41)63-55(64-52)59-18-17-46(73)65(7)23-24-76-30-44(71)62-51(56(4,5)6)54(75)68-29-38(70)27-43(68)53(74)61-32(2)34-13-15-35(16-14-34)50-33(3)60-31-77-50/h9-16,25-26,28,31-32,38,41,43,49,51,69-70H,8,17-24,27,29-30H2,1-7H3,(H,59,63)(H,61,74)(H,62,71)/t32-,38+,41?,43-,49?,51+/m0/s1. The van der Waals surface area contributed by atoms with Gasteiger partial charge in [0.2, 0.25) is 35.5 Å². The van der Waals surface area contributed by atoms with Crippen LogP contribution in [0.3, 0.4) is 0 Å². The quantitative estimate of drug-likeness (QED) is 0.0829. The van der Waals surface area contributed by atoms with E-state index in [0.717, 1.165) is 21.7 Å². The number of amidine groups is 1. The van der Waals surface area contributed by atoms with Crippen LogP contribution < -0.4 is 16.0 Å². The predicted octanol–water partition coefficient (Wildman–Crippen LogP) is 5.93. The van der Waals surface area contributed by atoms with Crippen LogP contribution in [0.1, 0.15) is 76.7 Å². The number of aliphatic imine (C=N–C) groups is 2. The molecule has 6 atom stereocenters. The first kappa shape index (κ1) is 56.5. The molecule has 4 heterocycles. The fourth-order valence-electron chi connectivity index (χ4n) is 10.2. The summed E-state index contributed by atoms with van der Waals surface area (Å²) in [7, 11) is 1.60. The van der Waals surface area contributed by atoms with Gasteiger partial charge in [0.05, 0.1) is 53.3 Å². The van der Waals surface area contributed by atoms with Crippen molar-refractivity contribution >= 4 is 80.6 Å². The summed E-state index contributed by atoms with van der Waals surface area (Å²) < 4.78 is 22.8. The SMILES string of the molecule is CCC(=O)N1CCN(C2=NC(=NCCC(=O)N(C)CCOCC(=O)N[C@H](C(=O)N3C[C@H](O)C[C@H]3C(=O)N[C@@H](C)c3ccc(-c4scnc4C)cc3)C(C)(C)C)NC3C(F)=C(c4cc(O)cc5ccccc45)C(Cl)=CC23)CC1. The largest absolute Gasteiger partial charge is 0.508 e. The molecule has 4 aromatic rings. The summed E-state index contributed by atoms with van der Waals surface area (Å²) in [5.41, 5.74) is 4.41. The van der Waals surface area contributed by atoms with Crippen LogP contribution in [0.25, 0.3) is 26.8 Å². The van der Waals surface area contributed by atoms with Crippen molar-refractivity contribution in [2.24, 2.45) is 21.3 Å². The Morgan fingerprint density at radius 1 is 1.05 bits per heavy atom. The van der Waals surface area contributed by atoms with E-state index in [-0.39, 0.29) is 73.2 Å². The minimum atomic E-state index is -1.06. The molecule has 2 saturated heterocycles. The lowest BCUT2D eigenvalue weighted by Gasteiger charge is -2.42. The van der Waals surface area contributed by atoms with E-state index in [0.29, 0.717) is 54.8 Å². The number of nitrogens with one attached hydrogen (secondary N) is 3. The molecule has 4 aliphatic rings. The van der Waals surface area contributed by atoms with Gasteiger partial charge in [0, 0.05) is 76.2 Å². The zero-order valence-corrected chi connectivity index (χ0v) is 46.1. The van der Waals surface area contributed by atoms with E-state index in [9.17, 15) is 34.2 Å². The first-order valence-electron chi connectivity index (χ1n) is 26.0. The van der Waals surface area contributed by atoms with Crippen LogP contribution in [0, 0.1) is 18.3 Å². The van der Waals surface area contributed by atoms with E-state index >= 15 is 4.39 Å². The van der Waals surface area contributed by atoms with E-state index in [4.69, 9.17) is 21.3 Å². The van der Waals surface area contributed by atoms with Gasteiger partial charge in [0.1, 0.15) is 36.1 Å². The van der Waals surface area contributed by atoms with Gasteiger partial charge in [-0.1, -0.05) is 93.9 Å². The van der Waals surface area contributed by atoms with Gasteiger partial charge in [-0.05, 0) is 58.9 Å². The number of fused-ring (bicyclic) bond motifs is 2. The number of thiazole rings is 1. The molecule has 5 amide bonds. The van der Waals surface area contributed by atoms with E-state index in [1.54, 1.807) is 61.7 Å². The number of aliphatic hydroxyl groups excluding tert-OH is 1. The van der Waals surface area contributed by atoms with Crippen molar-refractivity contribution in [1.82, 2.24) is 40.5 Å². The number of allylic oxidation sites excluding steroid dienone is 2. The van der Waals surface area contributed by atoms with E-state index in [1.807, 2.05) is 74.2 Å². The number of aliphatic hydroxyl groups is 1. The number of phenols is 1. The fourth-order valence-corrected chi connectivity index (χ4v) is 11.3. The van der Waals surface area contributed by atoms with Crippen molar-refractivity contribution in [1.29, 1.82) is 0 Å².